The van der Waals surface area contributed by atoms with Gasteiger partial charge in [-0.2, -0.15) is 11.8 Å². The van der Waals surface area contributed by atoms with Gasteiger partial charge in [0.1, 0.15) is 24.4 Å². The van der Waals surface area contributed by atoms with Crippen LogP contribution in [0.1, 0.15) is 57.1 Å². The predicted molar refractivity (Wildman–Crippen MR) is 169 cm³/mol. The van der Waals surface area contributed by atoms with Crippen molar-refractivity contribution in [2.75, 3.05) is 37.7 Å². The first-order chi connectivity index (χ1) is 20.4. The molecule has 9 heteroatoms. The molecule has 0 saturated carbocycles. The third kappa shape index (κ3) is 9.96. The lowest BCUT2D eigenvalue weighted by Gasteiger charge is -2.32. The molecule has 2 atom stereocenters. The van der Waals surface area contributed by atoms with E-state index in [4.69, 9.17) is 4.74 Å². The molecule has 2 N–H and O–H groups in total. The lowest BCUT2D eigenvalue weighted by atomic mass is 10.0. The highest BCUT2D eigenvalue weighted by Gasteiger charge is 2.31. The number of thioether (sulfide) groups is 1. The van der Waals surface area contributed by atoms with E-state index in [1.165, 1.54) is 0 Å². The van der Waals surface area contributed by atoms with Gasteiger partial charge in [-0.3, -0.25) is 9.59 Å². The standard InChI is InChI=1S/C33H46N4O4S/c1-25(2)22-29(35-33(40)37-16-8-3-4-9-17-37)31(38)34-30(32(39)36-18-20-42-21-19-36)23-26-12-14-28(15-13-26)41-24-27-10-6-5-7-11-27/h5-7,10-15,25,29-30H,3-4,8-9,16-24H2,1-2H3,(H,34,38)(H,35,40)/t29-,30-/m0/s1. The molecular weight excluding hydrogens is 548 g/mol. The highest BCUT2D eigenvalue weighted by Crippen LogP contribution is 2.18. The van der Waals surface area contributed by atoms with E-state index < -0.39 is 12.1 Å². The molecule has 2 aliphatic heterocycles. The molecule has 42 heavy (non-hydrogen) atoms. The van der Waals surface area contributed by atoms with Gasteiger partial charge < -0.3 is 25.2 Å². The molecule has 2 heterocycles. The summed E-state index contributed by atoms with van der Waals surface area (Å²) in [6, 6.07) is 16.1. The largest absolute Gasteiger partial charge is 0.489 e. The third-order valence-electron chi connectivity index (χ3n) is 7.76. The van der Waals surface area contributed by atoms with Crippen molar-refractivity contribution < 1.29 is 19.1 Å². The van der Waals surface area contributed by atoms with Crippen LogP contribution >= 0.6 is 11.8 Å². The second kappa shape index (κ2) is 16.4. The molecule has 0 spiro atoms. The minimum atomic E-state index is -0.721. The van der Waals surface area contributed by atoms with Crippen LogP contribution in [0, 0.1) is 5.92 Å². The van der Waals surface area contributed by atoms with Crippen molar-refractivity contribution in [3.8, 4) is 5.75 Å². The maximum Gasteiger partial charge on any atom is 0.318 e. The first-order valence-corrected chi connectivity index (χ1v) is 16.5. The molecule has 0 aromatic heterocycles. The number of hydrogen-bond donors (Lipinski definition) is 2. The van der Waals surface area contributed by atoms with E-state index in [9.17, 15) is 14.4 Å². The first-order valence-electron chi connectivity index (χ1n) is 15.4. The summed E-state index contributed by atoms with van der Waals surface area (Å²) in [6.45, 7) is 7.31. The summed E-state index contributed by atoms with van der Waals surface area (Å²) >= 11 is 1.84. The van der Waals surface area contributed by atoms with Crippen molar-refractivity contribution in [1.29, 1.82) is 0 Å². The highest BCUT2D eigenvalue weighted by atomic mass is 32.2. The van der Waals surface area contributed by atoms with E-state index in [2.05, 4.69) is 10.6 Å². The number of benzene rings is 2. The fourth-order valence-electron chi connectivity index (χ4n) is 5.39. The number of carbonyl (C=O) groups excluding carboxylic acids is 3. The van der Waals surface area contributed by atoms with Crippen molar-refractivity contribution in [1.82, 2.24) is 20.4 Å². The molecular formula is C33H46N4O4S. The van der Waals surface area contributed by atoms with Crippen molar-refractivity contribution in [3.63, 3.8) is 0 Å². The normalized spacial score (nSPS) is 17.2. The van der Waals surface area contributed by atoms with Gasteiger partial charge in [0.05, 0.1) is 0 Å². The topological polar surface area (TPSA) is 91.0 Å². The lowest BCUT2D eigenvalue weighted by Crippen LogP contribution is -2.57. The van der Waals surface area contributed by atoms with Gasteiger partial charge in [-0.1, -0.05) is 69.2 Å². The van der Waals surface area contributed by atoms with Crippen molar-refractivity contribution in [3.05, 3.63) is 65.7 Å². The Labute approximate surface area is 254 Å². The van der Waals surface area contributed by atoms with Gasteiger partial charge in [-0.25, -0.2) is 4.79 Å². The van der Waals surface area contributed by atoms with E-state index in [-0.39, 0.29) is 23.8 Å². The number of ether oxygens (including phenoxy) is 1. The summed E-state index contributed by atoms with van der Waals surface area (Å²) in [5, 5.41) is 6.05. The Kier molecular flexibility index (Phi) is 12.4. The van der Waals surface area contributed by atoms with Crippen LogP contribution in [0.15, 0.2) is 54.6 Å². The zero-order chi connectivity index (χ0) is 29.7. The second-order valence-electron chi connectivity index (χ2n) is 11.7. The Hall–Kier alpha value is -3.20. The molecule has 2 aromatic carbocycles. The minimum Gasteiger partial charge on any atom is -0.489 e. The quantitative estimate of drug-likeness (QED) is 0.388. The zero-order valence-electron chi connectivity index (χ0n) is 25.1. The first kappa shape index (κ1) is 31.7. The van der Waals surface area contributed by atoms with Crippen LogP contribution in [0.4, 0.5) is 4.79 Å². The SMILES string of the molecule is CC(C)C[C@H](NC(=O)N1CCCCCC1)C(=O)N[C@@H](Cc1ccc(OCc2ccccc2)cc1)C(=O)N1CCSCC1. The van der Waals surface area contributed by atoms with Crippen LogP contribution < -0.4 is 15.4 Å². The number of carbonyl (C=O) groups is 3. The van der Waals surface area contributed by atoms with Gasteiger partial charge in [0.25, 0.3) is 0 Å². The fourth-order valence-corrected chi connectivity index (χ4v) is 6.30. The molecule has 8 nitrogen and oxygen atoms in total. The summed E-state index contributed by atoms with van der Waals surface area (Å²) in [5.41, 5.74) is 2.02. The molecule has 2 saturated heterocycles. The highest BCUT2D eigenvalue weighted by molar-refractivity contribution is 7.99. The number of likely N-dealkylation sites (tertiary alicyclic amines) is 1. The maximum absolute atomic E-state index is 13.7. The van der Waals surface area contributed by atoms with Crippen LogP contribution in [-0.2, 0) is 22.6 Å². The number of rotatable bonds is 11. The number of nitrogens with one attached hydrogen (secondary N) is 2. The molecule has 2 aliphatic rings. The van der Waals surface area contributed by atoms with Gasteiger partial charge in [-0.15, -0.1) is 0 Å². The van der Waals surface area contributed by atoms with Crippen LogP contribution in [0.2, 0.25) is 0 Å². The summed E-state index contributed by atoms with van der Waals surface area (Å²) in [6.07, 6.45) is 5.07. The molecule has 4 amide bonds. The summed E-state index contributed by atoms with van der Waals surface area (Å²) in [4.78, 5) is 44.2. The maximum atomic E-state index is 13.7. The van der Waals surface area contributed by atoms with Crippen LogP contribution in [0.5, 0.6) is 5.75 Å². The number of nitrogens with zero attached hydrogens (tertiary/aromatic N) is 2. The van der Waals surface area contributed by atoms with Crippen LogP contribution in [-0.4, -0.2) is 77.4 Å². The smallest absolute Gasteiger partial charge is 0.318 e. The average Bonchev–Trinajstić information content (AvgIpc) is 3.30. The minimum absolute atomic E-state index is 0.0739. The number of hydrogen-bond acceptors (Lipinski definition) is 5. The van der Waals surface area contributed by atoms with E-state index >= 15 is 0 Å². The van der Waals surface area contributed by atoms with Crippen LogP contribution in [0.25, 0.3) is 0 Å². The molecule has 0 bridgehead atoms. The van der Waals surface area contributed by atoms with Gasteiger partial charge in [0.2, 0.25) is 11.8 Å². The molecule has 4 rings (SSSR count). The Bertz CT molecular complexity index is 1130. The number of amides is 4. The Balaban J connectivity index is 1.44. The summed E-state index contributed by atoms with van der Waals surface area (Å²) in [5.74, 6) is 2.34. The van der Waals surface area contributed by atoms with Gasteiger partial charge in [0, 0.05) is 44.1 Å². The fraction of sp³-hybridized carbons (Fsp3) is 0.545. The average molecular weight is 595 g/mol. The van der Waals surface area contributed by atoms with Gasteiger partial charge >= 0.3 is 6.03 Å². The van der Waals surface area contributed by atoms with Gasteiger partial charge in [-0.05, 0) is 48.4 Å². The Morgan fingerprint density at radius 3 is 2.10 bits per heavy atom. The van der Waals surface area contributed by atoms with Crippen molar-refractivity contribution in [2.45, 2.75) is 71.1 Å². The van der Waals surface area contributed by atoms with E-state index in [0.29, 0.717) is 45.6 Å². The van der Waals surface area contributed by atoms with Crippen molar-refractivity contribution in [2.24, 2.45) is 5.92 Å². The summed E-state index contributed by atoms with van der Waals surface area (Å²) < 4.78 is 5.93. The Morgan fingerprint density at radius 1 is 0.786 bits per heavy atom. The molecule has 228 valence electrons. The monoisotopic (exact) mass is 594 g/mol. The van der Waals surface area contributed by atoms with E-state index in [1.807, 2.05) is 90.0 Å². The van der Waals surface area contributed by atoms with Crippen LogP contribution in [0.3, 0.4) is 0 Å². The summed E-state index contributed by atoms with van der Waals surface area (Å²) in [7, 11) is 0. The molecule has 2 fully saturated rings. The molecule has 0 aliphatic carbocycles. The second-order valence-corrected chi connectivity index (χ2v) is 12.9. The zero-order valence-corrected chi connectivity index (χ0v) is 25.9. The third-order valence-corrected chi connectivity index (χ3v) is 8.71. The van der Waals surface area contributed by atoms with Gasteiger partial charge in [0.15, 0.2) is 0 Å². The molecule has 2 aromatic rings. The molecule has 0 radical (unpaired) electrons. The Morgan fingerprint density at radius 2 is 1.45 bits per heavy atom. The predicted octanol–water partition coefficient (Wildman–Crippen LogP) is 4.87. The lowest BCUT2D eigenvalue weighted by molar-refractivity contribution is -0.136. The van der Waals surface area contributed by atoms with E-state index in [0.717, 1.165) is 54.1 Å². The molecule has 0 unspecified atom stereocenters. The van der Waals surface area contributed by atoms with Crippen molar-refractivity contribution >= 4 is 29.6 Å². The number of urea groups is 1. The van der Waals surface area contributed by atoms with E-state index in [1.54, 1.807) is 0 Å².